The molecule has 0 aliphatic carbocycles. The van der Waals surface area contributed by atoms with Crippen molar-refractivity contribution in [3.63, 3.8) is 0 Å². The highest BCUT2D eigenvalue weighted by atomic mass is 79.9. The molecule has 1 heterocycles. The molecule has 0 radical (unpaired) electrons. The SMILES string of the molecule is COc1cc(Br)cc(C(=O)N2CCO[C@H](C)C2)c1. The van der Waals surface area contributed by atoms with Crippen LogP contribution in [0.4, 0.5) is 0 Å². The molecular formula is C13H16BrNO3. The van der Waals surface area contributed by atoms with Gasteiger partial charge < -0.3 is 14.4 Å². The number of rotatable bonds is 2. The lowest BCUT2D eigenvalue weighted by Gasteiger charge is -2.31. The van der Waals surface area contributed by atoms with Gasteiger partial charge in [-0.05, 0) is 25.1 Å². The standard InChI is InChI=1S/C13H16BrNO3/c1-9-8-15(3-4-18-9)13(16)10-5-11(14)7-12(6-10)17-2/h5-7,9H,3-4,8H2,1-2H3/t9-/m1/s1. The van der Waals surface area contributed by atoms with E-state index in [0.29, 0.717) is 31.0 Å². The van der Waals surface area contributed by atoms with Gasteiger partial charge in [0.15, 0.2) is 0 Å². The largest absolute Gasteiger partial charge is 0.497 e. The molecule has 0 aromatic heterocycles. The summed E-state index contributed by atoms with van der Waals surface area (Å²) in [5.74, 6) is 0.693. The van der Waals surface area contributed by atoms with Crippen LogP contribution in [0.15, 0.2) is 22.7 Å². The highest BCUT2D eigenvalue weighted by molar-refractivity contribution is 9.10. The van der Waals surface area contributed by atoms with Crippen molar-refractivity contribution in [2.24, 2.45) is 0 Å². The lowest BCUT2D eigenvalue weighted by molar-refractivity contribution is -0.0124. The molecule has 0 N–H and O–H groups in total. The Morgan fingerprint density at radius 3 is 2.94 bits per heavy atom. The molecule has 18 heavy (non-hydrogen) atoms. The lowest BCUT2D eigenvalue weighted by Crippen LogP contribution is -2.44. The monoisotopic (exact) mass is 313 g/mol. The van der Waals surface area contributed by atoms with Crippen LogP contribution in [0.3, 0.4) is 0 Å². The fourth-order valence-electron chi connectivity index (χ4n) is 1.99. The van der Waals surface area contributed by atoms with Gasteiger partial charge in [0.25, 0.3) is 5.91 Å². The molecule has 1 aromatic carbocycles. The number of carbonyl (C=O) groups excluding carboxylic acids is 1. The second-order valence-corrected chi connectivity index (χ2v) is 5.23. The van der Waals surface area contributed by atoms with Crippen LogP contribution in [0.25, 0.3) is 0 Å². The normalized spacial score (nSPS) is 19.7. The number of ether oxygens (including phenoxy) is 2. The average molecular weight is 314 g/mol. The zero-order valence-corrected chi connectivity index (χ0v) is 12.1. The minimum absolute atomic E-state index is 0.0183. The van der Waals surface area contributed by atoms with Crippen molar-refractivity contribution in [2.45, 2.75) is 13.0 Å². The van der Waals surface area contributed by atoms with Crippen molar-refractivity contribution < 1.29 is 14.3 Å². The summed E-state index contributed by atoms with van der Waals surface area (Å²) < 4.78 is 11.4. The summed E-state index contributed by atoms with van der Waals surface area (Å²) in [6.45, 7) is 3.84. The number of hydrogen-bond donors (Lipinski definition) is 0. The molecule has 4 nitrogen and oxygen atoms in total. The molecule has 1 saturated heterocycles. The van der Waals surface area contributed by atoms with Gasteiger partial charge in [0.05, 0.1) is 19.8 Å². The molecule has 1 fully saturated rings. The molecule has 1 amide bonds. The number of halogens is 1. The Morgan fingerprint density at radius 1 is 1.50 bits per heavy atom. The van der Waals surface area contributed by atoms with Crippen molar-refractivity contribution in [2.75, 3.05) is 26.8 Å². The second kappa shape index (κ2) is 5.71. The summed E-state index contributed by atoms with van der Waals surface area (Å²) in [4.78, 5) is 14.2. The van der Waals surface area contributed by atoms with E-state index in [1.807, 2.05) is 24.0 Å². The highest BCUT2D eigenvalue weighted by Gasteiger charge is 2.22. The topological polar surface area (TPSA) is 38.8 Å². The summed E-state index contributed by atoms with van der Waals surface area (Å²) >= 11 is 3.38. The molecule has 1 atom stereocenters. The van der Waals surface area contributed by atoms with Crippen molar-refractivity contribution in [1.82, 2.24) is 4.90 Å². The Balaban J connectivity index is 2.19. The summed E-state index contributed by atoms with van der Waals surface area (Å²) in [5.41, 5.74) is 0.635. The van der Waals surface area contributed by atoms with Crippen molar-refractivity contribution in [1.29, 1.82) is 0 Å². The number of benzene rings is 1. The fraction of sp³-hybridized carbons (Fsp3) is 0.462. The number of amides is 1. The minimum atomic E-state index is 0.0183. The van der Waals surface area contributed by atoms with E-state index in [1.54, 1.807) is 13.2 Å². The molecule has 5 heteroatoms. The predicted octanol–water partition coefficient (Wildman–Crippen LogP) is 2.32. The Bertz CT molecular complexity index is 450. The van der Waals surface area contributed by atoms with Crippen molar-refractivity contribution in [3.8, 4) is 5.75 Å². The van der Waals surface area contributed by atoms with Gasteiger partial charge in [0.1, 0.15) is 5.75 Å². The van der Waals surface area contributed by atoms with Crippen LogP contribution >= 0.6 is 15.9 Å². The molecule has 1 aliphatic heterocycles. The van der Waals surface area contributed by atoms with Gasteiger partial charge in [-0.25, -0.2) is 0 Å². The Morgan fingerprint density at radius 2 is 2.28 bits per heavy atom. The van der Waals surface area contributed by atoms with E-state index < -0.39 is 0 Å². The number of morpholine rings is 1. The van der Waals surface area contributed by atoms with Gasteiger partial charge in [-0.2, -0.15) is 0 Å². The smallest absolute Gasteiger partial charge is 0.254 e. The van der Waals surface area contributed by atoms with Gasteiger partial charge in [0.2, 0.25) is 0 Å². The van der Waals surface area contributed by atoms with Crippen LogP contribution < -0.4 is 4.74 Å². The third-order valence-corrected chi connectivity index (χ3v) is 3.34. The second-order valence-electron chi connectivity index (χ2n) is 4.31. The van der Waals surface area contributed by atoms with Gasteiger partial charge in [-0.15, -0.1) is 0 Å². The third-order valence-electron chi connectivity index (χ3n) is 2.88. The van der Waals surface area contributed by atoms with Crippen LogP contribution in [0.5, 0.6) is 5.75 Å². The Kier molecular flexibility index (Phi) is 4.24. The number of carbonyl (C=O) groups is 1. The van der Waals surface area contributed by atoms with E-state index in [0.717, 1.165) is 4.47 Å². The maximum Gasteiger partial charge on any atom is 0.254 e. The van der Waals surface area contributed by atoms with Crippen molar-refractivity contribution in [3.05, 3.63) is 28.2 Å². The van der Waals surface area contributed by atoms with E-state index in [-0.39, 0.29) is 12.0 Å². The predicted molar refractivity (Wildman–Crippen MR) is 72.0 cm³/mol. The number of methoxy groups -OCH3 is 1. The molecule has 98 valence electrons. The van der Waals surface area contributed by atoms with Gasteiger partial charge in [-0.3, -0.25) is 4.79 Å². The van der Waals surface area contributed by atoms with Gasteiger partial charge in [0, 0.05) is 23.1 Å². The van der Waals surface area contributed by atoms with Gasteiger partial charge in [-0.1, -0.05) is 15.9 Å². The Hall–Kier alpha value is -1.07. The van der Waals surface area contributed by atoms with Crippen molar-refractivity contribution >= 4 is 21.8 Å². The zero-order chi connectivity index (χ0) is 13.1. The third kappa shape index (κ3) is 3.03. The van der Waals surface area contributed by atoms with E-state index in [4.69, 9.17) is 9.47 Å². The summed E-state index contributed by atoms with van der Waals surface area (Å²) in [5, 5.41) is 0. The maximum absolute atomic E-state index is 12.4. The quantitative estimate of drug-likeness (QED) is 0.841. The first kappa shape index (κ1) is 13.4. The van der Waals surface area contributed by atoms with E-state index in [2.05, 4.69) is 15.9 Å². The molecule has 0 bridgehead atoms. The number of hydrogen-bond acceptors (Lipinski definition) is 3. The first-order valence-corrected chi connectivity index (χ1v) is 6.65. The van der Waals surface area contributed by atoms with Crippen LogP contribution in [0.1, 0.15) is 17.3 Å². The number of nitrogens with zero attached hydrogens (tertiary/aromatic N) is 1. The molecule has 2 rings (SSSR count). The zero-order valence-electron chi connectivity index (χ0n) is 10.5. The lowest BCUT2D eigenvalue weighted by atomic mass is 10.1. The van der Waals surface area contributed by atoms with Crippen LogP contribution in [0.2, 0.25) is 0 Å². The fourth-order valence-corrected chi connectivity index (χ4v) is 2.46. The first-order chi connectivity index (χ1) is 8.60. The van der Waals surface area contributed by atoms with Crippen LogP contribution in [-0.2, 0) is 4.74 Å². The summed E-state index contributed by atoms with van der Waals surface area (Å²) in [6.07, 6.45) is 0.0942. The van der Waals surface area contributed by atoms with Crippen LogP contribution in [-0.4, -0.2) is 43.7 Å². The molecule has 0 spiro atoms. The maximum atomic E-state index is 12.4. The minimum Gasteiger partial charge on any atom is -0.497 e. The molecule has 0 saturated carbocycles. The average Bonchev–Trinajstić information content (AvgIpc) is 2.37. The molecular weight excluding hydrogens is 298 g/mol. The summed E-state index contributed by atoms with van der Waals surface area (Å²) in [6, 6.07) is 5.40. The summed E-state index contributed by atoms with van der Waals surface area (Å²) in [7, 11) is 1.59. The molecule has 1 aliphatic rings. The molecule has 0 unspecified atom stereocenters. The van der Waals surface area contributed by atoms with E-state index >= 15 is 0 Å². The van der Waals surface area contributed by atoms with Gasteiger partial charge >= 0.3 is 0 Å². The first-order valence-electron chi connectivity index (χ1n) is 5.85. The van der Waals surface area contributed by atoms with Crippen LogP contribution in [0, 0.1) is 0 Å². The van der Waals surface area contributed by atoms with E-state index in [9.17, 15) is 4.79 Å². The molecule has 1 aromatic rings. The van der Waals surface area contributed by atoms with E-state index in [1.165, 1.54) is 0 Å². The highest BCUT2D eigenvalue weighted by Crippen LogP contribution is 2.22. The Labute approximate surface area is 115 Å².